The van der Waals surface area contributed by atoms with E-state index in [4.69, 9.17) is 15.2 Å². The van der Waals surface area contributed by atoms with Gasteiger partial charge in [0.25, 0.3) is 0 Å². The van der Waals surface area contributed by atoms with E-state index in [9.17, 15) is 4.79 Å². The number of nitrogen functional groups attached to an aromatic ring is 1. The van der Waals surface area contributed by atoms with E-state index in [1.54, 1.807) is 13.8 Å². The van der Waals surface area contributed by atoms with Crippen molar-refractivity contribution >= 4 is 27.8 Å². The lowest BCUT2D eigenvalue weighted by atomic mass is 10.0. The molecule has 0 saturated carbocycles. The second-order valence-electron chi connectivity index (χ2n) is 5.83. The van der Waals surface area contributed by atoms with Gasteiger partial charge in [-0.3, -0.25) is 0 Å². The number of rotatable bonds is 6. The summed E-state index contributed by atoms with van der Waals surface area (Å²) in [5.74, 6) is 0.652. The lowest BCUT2D eigenvalue weighted by Gasteiger charge is -2.16. The predicted molar refractivity (Wildman–Crippen MR) is 99.7 cm³/mol. The minimum Gasteiger partial charge on any atom is -0.487 e. The molecule has 2 N–H and O–H groups in total. The Morgan fingerprint density at radius 2 is 2.04 bits per heavy atom. The summed E-state index contributed by atoms with van der Waals surface area (Å²) >= 11 is 3.47. The summed E-state index contributed by atoms with van der Waals surface area (Å²) in [6.07, 6.45) is 0. The smallest absolute Gasteiger partial charge is 0.341 e. The van der Waals surface area contributed by atoms with Crippen molar-refractivity contribution in [2.45, 2.75) is 40.2 Å². The summed E-state index contributed by atoms with van der Waals surface area (Å²) in [6.45, 7) is 8.00. The van der Waals surface area contributed by atoms with Crippen LogP contribution in [0.3, 0.4) is 0 Å². The van der Waals surface area contributed by atoms with E-state index in [0.29, 0.717) is 17.0 Å². The highest BCUT2D eigenvalue weighted by Crippen LogP contribution is 2.30. The molecule has 0 fully saturated rings. The molecular weight excluding hydrogens is 386 g/mol. The summed E-state index contributed by atoms with van der Waals surface area (Å²) < 4.78 is 12.0. The van der Waals surface area contributed by atoms with Gasteiger partial charge in [0.15, 0.2) is 0 Å². The van der Waals surface area contributed by atoms with Crippen molar-refractivity contribution in [2.75, 3.05) is 12.3 Å². The van der Waals surface area contributed by atoms with Gasteiger partial charge >= 0.3 is 5.97 Å². The van der Waals surface area contributed by atoms with E-state index in [1.165, 1.54) is 0 Å². The average Bonchev–Trinajstić information content (AvgIpc) is 2.53. The molecule has 0 aliphatic heterocycles. The molecule has 2 aromatic rings. The number of hydrogen-bond donors (Lipinski definition) is 1. The van der Waals surface area contributed by atoms with Crippen LogP contribution in [-0.4, -0.2) is 22.5 Å². The maximum atomic E-state index is 12.2. The van der Waals surface area contributed by atoms with E-state index in [0.717, 1.165) is 15.8 Å². The number of carbonyl (C=O) groups excluding carboxylic acids is 1. The number of benzene rings is 1. The lowest BCUT2D eigenvalue weighted by Crippen LogP contribution is -2.16. The van der Waals surface area contributed by atoms with Gasteiger partial charge in [0.05, 0.1) is 18.0 Å². The Kier molecular flexibility index (Phi) is 6.36. The zero-order chi connectivity index (χ0) is 18.6. The minimum absolute atomic E-state index is 0.100. The van der Waals surface area contributed by atoms with Crippen LogP contribution < -0.4 is 10.5 Å². The van der Waals surface area contributed by atoms with Crippen molar-refractivity contribution in [3.8, 4) is 5.75 Å². The van der Waals surface area contributed by atoms with Crippen LogP contribution in [0.25, 0.3) is 0 Å². The number of carbonyl (C=O) groups is 1. The van der Waals surface area contributed by atoms with Crippen molar-refractivity contribution in [1.29, 1.82) is 0 Å². The second-order valence-corrected chi connectivity index (χ2v) is 6.75. The fourth-order valence-electron chi connectivity index (χ4n) is 2.48. The Hall–Kier alpha value is -2.15. The zero-order valence-corrected chi connectivity index (χ0v) is 16.4. The monoisotopic (exact) mass is 407 g/mol. The molecule has 134 valence electrons. The van der Waals surface area contributed by atoms with Crippen LogP contribution in [0.1, 0.15) is 54.0 Å². The fourth-order valence-corrected chi connectivity index (χ4v) is 2.86. The number of ether oxygens (including phenoxy) is 2. The first-order valence-corrected chi connectivity index (χ1v) is 8.85. The van der Waals surface area contributed by atoms with Gasteiger partial charge in [-0.05, 0) is 43.5 Å². The molecule has 0 unspecified atom stereocenters. The molecule has 1 heterocycles. The van der Waals surface area contributed by atoms with Crippen LogP contribution in [0.2, 0.25) is 0 Å². The van der Waals surface area contributed by atoms with Crippen molar-refractivity contribution in [1.82, 2.24) is 9.97 Å². The molecule has 0 aliphatic rings. The Morgan fingerprint density at radius 3 is 2.68 bits per heavy atom. The molecule has 0 saturated heterocycles. The number of anilines is 1. The zero-order valence-electron chi connectivity index (χ0n) is 14.8. The summed E-state index contributed by atoms with van der Waals surface area (Å²) in [7, 11) is 0. The Bertz CT molecular complexity index is 778. The lowest BCUT2D eigenvalue weighted by molar-refractivity contribution is 0.0521. The van der Waals surface area contributed by atoms with Gasteiger partial charge in [0.1, 0.15) is 17.9 Å². The number of esters is 1. The van der Waals surface area contributed by atoms with Crippen LogP contribution in [0.15, 0.2) is 22.7 Å². The quantitative estimate of drug-likeness (QED) is 0.727. The topological polar surface area (TPSA) is 87.3 Å². The van der Waals surface area contributed by atoms with E-state index in [1.807, 2.05) is 18.2 Å². The van der Waals surface area contributed by atoms with Gasteiger partial charge in [-0.15, -0.1) is 0 Å². The Morgan fingerprint density at radius 1 is 1.32 bits per heavy atom. The fraction of sp³-hybridized carbons (Fsp3) is 0.389. The highest BCUT2D eigenvalue weighted by molar-refractivity contribution is 9.10. The third-order valence-corrected chi connectivity index (χ3v) is 4.11. The number of nitrogens with two attached hydrogens (primary N) is 1. The molecule has 0 amide bonds. The summed E-state index contributed by atoms with van der Waals surface area (Å²) in [6, 6.07) is 5.82. The molecular formula is C18H22BrN3O3. The number of aromatic nitrogens is 2. The van der Waals surface area contributed by atoms with E-state index < -0.39 is 5.97 Å². The molecule has 0 aliphatic carbocycles. The van der Waals surface area contributed by atoms with Crippen molar-refractivity contribution in [3.05, 3.63) is 45.2 Å². The van der Waals surface area contributed by atoms with Crippen LogP contribution >= 0.6 is 15.9 Å². The molecule has 0 atom stereocenters. The Balaban J connectivity index is 2.34. The average molecular weight is 408 g/mol. The minimum atomic E-state index is -0.474. The maximum Gasteiger partial charge on any atom is 0.341 e. The van der Waals surface area contributed by atoms with Gasteiger partial charge in [0, 0.05) is 4.47 Å². The molecule has 2 rings (SSSR count). The Labute approximate surface area is 155 Å². The van der Waals surface area contributed by atoms with E-state index in [-0.39, 0.29) is 25.1 Å². The molecule has 1 aromatic carbocycles. The van der Waals surface area contributed by atoms with Gasteiger partial charge in [-0.1, -0.05) is 29.8 Å². The van der Waals surface area contributed by atoms with Crippen LogP contribution in [0, 0.1) is 6.92 Å². The first-order chi connectivity index (χ1) is 11.8. The number of aryl methyl sites for hydroxylation is 1. The maximum absolute atomic E-state index is 12.2. The highest BCUT2D eigenvalue weighted by Gasteiger charge is 2.20. The third kappa shape index (κ3) is 4.69. The molecule has 0 radical (unpaired) electrons. The summed E-state index contributed by atoms with van der Waals surface area (Å²) in [5.41, 5.74) is 7.99. The molecule has 0 spiro atoms. The summed E-state index contributed by atoms with van der Waals surface area (Å²) in [5, 5.41) is 0. The first kappa shape index (κ1) is 19.2. The molecule has 6 nitrogen and oxygen atoms in total. The van der Waals surface area contributed by atoms with Crippen LogP contribution in [-0.2, 0) is 11.3 Å². The number of halogens is 1. The van der Waals surface area contributed by atoms with Gasteiger partial charge < -0.3 is 15.2 Å². The third-order valence-electron chi connectivity index (χ3n) is 3.62. The summed E-state index contributed by atoms with van der Waals surface area (Å²) in [4.78, 5) is 20.5. The second kappa shape index (κ2) is 8.29. The first-order valence-electron chi connectivity index (χ1n) is 8.05. The van der Waals surface area contributed by atoms with E-state index in [2.05, 4.69) is 39.7 Å². The van der Waals surface area contributed by atoms with Crippen LogP contribution in [0.5, 0.6) is 5.75 Å². The van der Waals surface area contributed by atoms with Gasteiger partial charge in [-0.2, -0.15) is 0 Å². The van der Waals surface area contributed by atoms with Crippen molar-refractivity contribution in [2.24, 2.45) is 0 Å². The van der Waals surface area contributed by atoms with Crippen molar-refractivity contribution in [3.63, 3.8) is 0 Å². The van der Waals surface area contributed by atoms with Crippen LogP contribution in [0.4, 0.5) is 5.95 Å². The van der Waals surface area contributed by atoms with Gasteiger partial charge in [-0.25, -0.2) is 14.8 Å². The molecule has 25 heavy (non-hydrogen) atoms. The largest absolute Gasteiger partial charge is 0.487 e. The van der Waals surface area contributed by atoms with Gasteiger partial charge in [0.2, 0.25) is 5.95 Å². The molecule has 0 bridgehead atoms. The predicted octanol–water partition coefficient (Wildman–Crippen LogP) is 4.01. The standard InChI is InChI=1S/C18H22BrN3O3/c1-5-24-17(23)16-11(4)21-18(20)22-14(16)9-25-15-7-6-12(19)8-13(15)10(2)3/h6-8,10H,5,9H2,1-4H3,(H2,20,21,22). The molecule has 7 heteroatoms. The normalized spacial score (nSPS) is 10.8. The SMILES string of the molecule is CCOC(=O)c1c(C)nc(N)nc1COc1ccc(Br)cc1C(C)C. The number of nitrogens with zero attached hydrogens (tertiary/aromatic N) is 2. The van der Waals surface area contributed by atoms with Crippen molar-refractivity contribution < 1.29 is 14.3 Å². The molecule has 1 aromatic heterocycles. The number of hydrogen-bond acceptors (Lipinski definition) is 6. The highest BCUT2D eigenvalue weighted by atomic mass is 79.9. The van der Waals surface area contributed by atoms with E-state index >= 15 is 0 Å².